The lowest BCUT2D eigenvalue weighted by molar-refractivity contribution is 0.0991. The topological polar surface area (TPSA) is 100 Å². The van der Waals surface area contributed by atoms with Crippen LogP contribution in [0, 0.1) is 0 Å². The van der Waals surface area contributed by atoms with Gasteiger partial charge in [0.15, 0.2) is 5.82 Å². The largest absolute Gasteiger partial charge is 0.363 e. The lowest BCUT2D eigenvalue weighted by Crippen LogP contribution is -2.12. The van der Waals surface area contributed by atoms with Gasteiger partial charge in [0.25, 0.3) is 5.91 Å². The van der Waals surface area contributed by atoms with Gasteiger partial charge in [-0.05, 0) is 12.1 Å². The maximum absolute atomic E-state index is 10.9. The minimum Gasteiger partial charge on any atom is -0.363 e. The zero-order valence-corrected chi connectivity index (χ0v) is 8.77. The third-order valence-electron chi connectivity index (χ3n) is 2.54. The Bertz CT molecular complexity index is 697. The van der Waals surface area contributed by atoms with Crippen molar-refractivity contribution in [2.75, 3.05) is 0 Å². The second-order valence-corrected chi connectivity index (χ2v) is 3.64. The van der Waals surface area contributed by atoms with Crippen LogP contribution < -0.4 is 5.73 Å². The number of rotatable bonds is 2. The van der Waals surface area contributed by atoms with E-state index in [0.717, 1.165) is 22.3 Å². The second kappa shape index (κ2) is 3.44. The number of hydrogen-bond acceptors (Lipinski definition) is 3. The number of aromatic amines is 2. The Hall–Kier alpha value is -2.63. The molecule has 0 radical (unpaired) electrons. The molecule has 17 heavy (non-hydrogen) atoms. The van der Waals surface area contributed by atoms with Crippen LogP contribution in [0.4, 0.5) is 0 Å². The van der Waals surface area contributed by atoms with Gasteiger partial charge in [-0.2, -0.15) is 0 Å². The highest BCUT2D eigenvalue weighted by atomic mass is 16.1. The van der Waals surface area contributed by atoms with Crippen LogP contribution in [0.2, 0.25) is 0 Å². The average Bonchev–Trinajstić information content (AvgIpc) is 2.97. The van der Waals surface area contributed by atoms with E-state index in [9.17, 15) is 4.79 Å². The molecular weight excluding hydrogens is 218 g/mol. The Balaban J connectivity index is 2.09. The lowest BCUT2D eigenvalue weighted by Gasteiger charge is -1.97. The number of aromatic nitrogens is 4. The van der Waals surface area contributed by atoms with Crippen molar-refractivity contribution < 1.29 is 4.79 Å². The Morgan fingerprint density at radius 1 is 1.29 bits per heavy atom. The number of nitrogens with two attached hydrogens (primary N) is 1. The molecule has 3 aromatic rings. The maximum atomic E-state index is 10.9. The van der Waals surface area contributed by atoms with Crippen LogP contribution in [0.1, 0.15) is 10.6 Å². The Kier molecular flexibility index (Phi) is 1.94. The quantitative estimate of drug-likeness (QED) is 0.610. The minimum atomic E-state index is -0.570. The molecule has 4 N–H and O–H groups in total. The van der Waals surface area contributed by atoms with Crippen molar-refractivity contribution >= 4 is 16.9 Å². The molecule has 0 spiro atoms. The fourth-order valence-electron chi connectivity index (χ4n) is 1.70. The fourth-order valence-corrected chi connectivity index (χ4v) is 1.70. The molecule has 0 unspecified atom stereocenters. The van der Waals surface area contributed by atoms with Crippen molar-refractivity contribution in [2.45, 2.75) is 0 Å². The van der Waals surface area contributed by atoms with E-state index in [0.29, 0.717) is 0 Å². The van der Waals surface area contributed by atoms with Crippen LogP contribution in [0.3, 0.4) is 0 Å². The number of H-pyrrole nitrogens is 2. The molecule has 84 valence electrons. The molecule has 0 aliphatic heterocycles. The summed E-state index contributed by atoms with van der Waals surface area (Å²) < 4.78 is 0. The molecule has 0 saturated heterocycles. The van der Waals surface area contributed by atoms with Gasteiger partial charge in [0.2, 0.25) is 0 Å². The molecule has 2 heterocycles. The summed E-state index contributed by atoms with van der Waals surface area (Å²) in [7, 11) is 0. The molecule has 2 aromatic heterocycles. The summed E-state index contributed by atoms with van der Waals surface area (Å²) in [4.78, 5) is 24.9. The van der Waals surface area contributed by atoms with Crippen LogP contribution in [0.5, 0.6) is 0 Å². The molecule has 0 fully saturated rings. The number of carbonyl (C=O) groups excluding carboxylic acids is 1. The molecule has 0 aliphatic carbocycles. The van der Waals surface area contributed by atoms with Crippen LogP contribution in [0.15, 0.2) is 30.7 Å². The first-order chi connectivity index (χ1) is 8.24. The summed E-state index contributed by atoms with van der Waals surface area (Å²) >= 11 is 0. The molecule has 0 bridgehead atoms. The van der Waals surface area contributed by atoms with Crippen molar-refractivity contribution in [1.29, 1.82) is 0 Å². The number of amides is 1. The third-order valence-corrected chi connectivity index (χ3v) is 2.54. The summed E-state index contributed by atoms with van der Waals surface area (Å²) in [6.45, 7) is 0. The van der Waals surface area contributed by atoms with E-state index in [1.165, 1.54) is 0 Å². The first kappa shape index (κ1) is 9.59. The second-order valence-electron chi connectivity index (χ2n) is 3.64. The van der Waals surface area contributed by atoms with Crippen LogP contribution in [0.25, 0.3) is 22.3 Å². The highest BCUT2D eigenvalue weighted by Crippen LogP contribution is 2.20. The van der Waals surface area contributed by atoms with Gasteiger partial charge < -0.3 is 15.7 Å². The molecular formula is C11H9N5O. The smallest absolute Gasteiger partial charge is 0.284 e. The molecule has 1 amide bonds. The van der Waals surface area contributed by atoms with Gasteiger partial charge in [-0.25, -0.2) is 9.97 Å². The van der Waals surface area contributed by atoms with Crippen molar-refractivity contribution in [3.05, 3.63) is 36.5 Å². The number of nitrogens with zero attached hydrogens (tertiary/aromatic N) is 2. The van der Waals surface area contributed by atoms with E-state index in [1.54, 1.807) is 12.5 Å². The van der Waals surface area contributed by atoms with E-state index >= 15 is 0 Å². The van der Waals surface area contributed by atoms with Crippen LogP contribution in [-0.2, 0) is 0 Å². The zero-order valence-electron chi connectivity index (χ0n) is 8.77. The third kappa shape index (κ3) is 1.55. The lowest BCUT2D eigenvalue weighted by atomic mass is 10.1. The zero-order chi connectivity index (χ0) is 11.8. The predicted octanol–water partition coefficient (Wildman–Crippen LogP) is 1.05. The summed E-state index contributed by atoms with van der Waals surface area (Å²) in [5.74, 6) is -0.413. The number of imidazole rings is 2. The summed E-state index contributed by atoms with van der Waals surface area (Å²) in [6, 6.07) is 5.73. The number of primary amides is 1. The van der Waals surface area contributed by atoms with E-state index in [-0.39, 0.29) is 5.82 Å². The predicted molar refractivity (Wildman–Crippen MR) is 62.2 cm³/mol. The molecule has 3 rings (SSSR count). The van der Waals surface area contributed by atoms with E-state index in [2.05, 4.69) is 19.9 Å². The molecule has 6 nitrogen and oxygen atoms in total. The van der Waals surface area contributed by atoms with E-state index in [1.807, 2.05) is 18.2 Å². The number of nitrogens with one attached hydrogen (secondary N) is 2. The number of hydrogen-bond donors (Lipinski definition) is 3. The normalized spacial score (nSPS) is 10.8. The minimum absolute atomic E-state index is 0.157. The van der Waals surface area contributed by atoms with Crippen molar-refractivity contribution in [2.24, 2.45) is 5.73 Å². The fraction of sp³-hybridized carbons (Fsp3) is 0. The van der Waals surface area contributed by atoms with E-state index < -0.39 is 5.91 Å². The monoisotopic (exact) mass is 227 g/mol. The van der Waals surface area contributed by atoms with Gasteiger partial charge >= 0.3 is 0 Å². The van der Waals surface area contributed by atoms with Crippen LogP contribution in [-0.4, -0.2) is 25.8 Å². The van der Waals surface area contributed by atoms with Gasteiger partial charge in [-0.15, -0.1) is 0 Å². The van der Waals surface area contributed by atoms with Crippen molar-refractivity contribution in [3.8, 4) is 11.3 Å². The average molecular weight is 227 g/mol. The molecule has 6 heteroatoms. The summed E-state index contributed by atoms with van der Waals surface area (Å²) in [5, 5.41) is 0. The van der Waals surface area contributed by atoms with Crippen LogP contribution >= 0.6 is 0 Å². The Morgan fingerprint density at radius 2 is 2.18 bits per heavy atom. The van der Waals surface area contributed by atoms with Gasteiger partial charge in [-0.1, -0.05) is 6.07 Å². The maximum Gasteiger partial charge on any atom is 0.284 e. The summed E-state index contributed by atoms with van der Waals surface area (Å²) in [6.07, 6.45) is 3.22. The molecule has 1 aromatic carbocycles. The molecule has 0 saturated carbocycles. The van der Waals surface area contributed by atoms with Gasteiger partial charge in [0, 0.05) is 5.56 Å². The van der Waals surface area contributed by atoms with Crippen molar-refractivity contribution in [1.82, 2.24) is 19.9 Å². The number of fused-ring (bicyclic) bond motifs is 1. The van der Waals surface area contributed by atoms with Crippen molar-refractivity contribution in [3.63, 3.8) is 0 Å². The van der Waals surface area contributed by atoms with Gasteiger partial charge in [-0.3, -0.25) is 4.79 Å². The summed E-state index contributed by atoms with van der Waals surface area (Å²) in [5.41, 5.74) is 8.61. The highest BCUT2D eigenvalue weighted by molar-refractivity contribution is 5.90. The Morgan fingerprint density at radius 3 is 2.94 bits per heavy atom. The standard InChI is InChI=1S/C11H9N5O/c12-10(17)11-13-4-9(16-11)6-1-2-7-8(3-6)15-5-14-7/h1-5H,(H2,12,17)(H,13,16)(H,14,15). The SMILES string of the molecule is NC(=O)c1ncc(-c2ccc3nc[nH]c3c2)[nH]1. The molecule has 0 aliphatic rings. The Labute approximate surface area is 95.9 Å². The van der Waals surface area contributed by atoms with Gasteiger partial charge in [0.05, 0.1) is 29.3 Å². The number of benzene rings is 1. The van der Waals surface area contributed by atoms with E-state index in [4.69, 9.17) is 5.73 Å². The first-order valence-corrected chi connectivity index (χ1v) is 5.02. The first-order valence-electron chi connectivity index (χ1n) is 5.02. The molecule has 0 atom stereocenters. The number of carbonyl (C=O) groups is 1. The van der Waals surface area contributed by atoms with Gasteiger partial charge in [0.1, 0.15) is 0 Å². The highest BCUT2D eigenvalue weighted by Gasteiger charge is 2.08.